The van der Waals surface area contributed by atoms with Crippen LogP contribution in [0.25, 0.3) is 6.08 Å². The Labute approximate surface area is 173 Å². The van der Waals surface area contributed by atoms with Crippen molar-refractivity contribution < 1.29 is 19.1 Å². The van der Waals surface area contributed by atoms with Crippen molar-refractivity contribution in [3.05, 3.63) is 71.5 Å². The Hall–Kier alpha value is -2.88. The second-order valence-corrected chi connectivity index (χ2v) is 6.98. The SMILES string of the molecule is CCCCCCCCOc1ccc(/C=C(/OC(C)=O)C(=O)c2ccccc2)cc1. The maximum atomic E-state index is 12.7. The standard InChI is InChI=1S/C25H30O4/c1-3-4-5-6-7-11-18-28-23-16-14-21(15-17-23)19-24(29-20(2)26)25(27)22-12-9-8-10-13-22/h8-10,12-17,19H,3-7,11,18H2,1-2H3/b24-19+. The summed E-state index contributed by atoms with van der Waals surface area (Å²) in [6.07, 6.45) is 8.93. The number of hydrogen-bond acceptors (Lipinski definition) is 4. The zero-order valence-corrected chi connectivity index (χ0v) is 17.4. The zero-order chi connectivity index (χ0) is 20.9. The van der Waals surface area contributed by atoms with E-state index in [0.29, 0.717) is 12.2 Å². The van der Waals surface area contributed by atoms with Crippen molar-refractivity contribution in [1.82, 2.24) is 0 Å². The van der Waals surface area contributed by atoms with Crippen LogP contribution in [-0.4, -0.2) is 18.4 Å². The van der Waals surface area contributed by atoms with Crippen molar-refractivity contribution in [2.24, 2.45) is 0 Å². The minimum atomic E-state index is -0.528. The lowest BCUT2D eigenvalue weighted by atomic mass is 10.1. The predicted molar refractivity (Wildman–Crippen MR) is 116 cm³/mol. The second kappa shape index (κ2) is 12.6. The number of rotatable bonds is 12. The van der Waals surface area contributed by atoms with Gasteiger partial charge < -0.3 is 9.47 Å². The summed E-state index contributed by atoms with van der Waals surface area (Å²) in [7, 11) is 0. The molecule has 0 atom stereocenters. The molecule has 0 spiro atoms. The summed E-state index contributed by atoms with van der Waals surface area (Å²) in [5, 5.41) is 0. The molecule has 154 valence electrons. The number of esters is 1. The summed E-state index contributed by atoms with van der Waals surface area (Å²) in [5.41, 5.74) is 1.23. The fourth-order valence-corrected chi connectivity index (χ4v) is 2.91. The number of carbonyl (C=O) groups excluding carboxylic acids is 2. The first-order chi connectivity index (χ1) is 14.1. The van der Waals surface area contributed by atoms with Crippen LogP contribution in [0.15, 0.2) is 60.4 Å². The van der Waals surface area contributed by atoms with Gasteiger partial charge in [0.1, 0.15) is 5.75 Å². The van der Waals surface area contributed by atoms with Gasteiger partial charge >= 0.3 is 5.97 Å². The molecule has 0 amide bonds. The van der Waals surface area contributed by atoms with E-state index in [4.69, 9.17) is 9.47 Å². The molecule has 4 heteroatoms. The van der Waals surface area contributed by atoms with Crippen LogP contribution in [0.4, 0.5) is 0 Å². The van der Waals surface area contributed by atoms with Gasteiger partial charge in [-0.25, -0.2) is 0 Å². The van der Waals surface area contributed by atoms with E-state index in [1.807, 2.05) is 30.3 Å². The number of unbranched alkanes of at least 4 members (excludes halogenated alkanes) is 5. The molecule has 0 saturated heterocycles. The summed E-state index contributed by atoms with van der Waals surface area (Å²) < 4.78 is 10.9. The topological polar surface area (TPSA) is 52.6 Å². The van der Waals surface area contributed by atoms with Gasteiger partial charge in [0.05, 0.1) is 6.61 Å². The van der Waals surface area contributed by atoms with E-state index in [-0.39, 0.29) is 11.5 Å². The van der Waals surface area contributed by atoms with E-state index in [1.54, 1.807) is 30.3 Å². The van der Waals surface area contributed by atoms with Gasteiger partial charge in [-0.15, -0.1) is 0 Å². The summed E-state index contributed by atoms with van der Waals surface area (Å²) >= 11 is 0. The fourth-order valence-electron chi connectivity index (χ4n) is 2.91. The van der Waals surface area contributed by atoms with Crippen LogP contribution in [0.3, 0.4) is 0 Å². The van der Waals surface area contributed by atoms with Gasteiger partial charge in [-0.05, 0) is 30.2 Å². The van der Waals surface area contributed by atoms with Crippen LogP contribution < -0.4 is 4.74 Å². The number of ketones is 1. The largest absolute Gasteiger partial charge is 0.494 e. The van der Waals surface area contributed by atoms with Crippen LogP contribution in [-0.2, 0) is 9.53 Å². The highest BCUT2D eigenvalue weighted by atomic mass is 16.5. The Morgan fingerprint density at radius 3 is 2.17 bits per heavy atom. The van der Waals surface area contributed by atoms with E-state index in [9.17, 15) is 9.59 Å². The minimum absolute atomic E-state index is 0.00412. The van der Waals surface area contributed by atoms with Gasteiger partial charge in [0.15, 0.2) is 5.76 Å². The number of carbonyl (C=O) groups is 2. The van der Waals surface area contributed by atoms with Crippen molar-refractivity contribution in [2.75, 3.05) is 6.61 Å². The summed E-state index contributed by atoms with van der Waals surface area (Å²) in [6, 6.07) is 16.2. The Morgan fingerprint density at radius 2 is 1.52 bits per heavy atom. The van der Waals surface area contributed by atoms with Gasteiger partial charge in [0.2, 0.25) is 5.78 Å². The Balaban J connectivity index is 1.95. The number of benzene rings is 2. The van der Waals surface area contributed by atoms with Gasteiger partial charge in [0.25, 0.3) is 0 Å². The molecule has 0 N–H and O–H groups in total. The quantitative estimate of drug-likeness (QED) is 0.141. The molecule has 0 bridgehead atoms. The molecular weight excluding hydrogens is 364 g/mol. The van der Waals surface area contributed by atoms with Crippen LogP contribution in [0.5, 0.6) is 5.75 Å². The first-order valence-electron chi connectivity index (χ1n) is 10.3. The molecule has 0 aliphatic carbocycles. The van der Waals surface area contributed by atoms with E-state index < -0.39 is 5.97 Å². The summed E-state index contributed by atoms with van der Waals surface area (Å²) in [6.45, 7) is 4.20. The monoisotopic (exact) mass is 394 g/mol. The first kappa shape index (κ1) is 22.4. The molecule has 2 aromatic carbocycles. The van der Waals surface area contributed by atoms with Gasteiger partial charge in [-0.1, -0.05) is 81.5 Å². The molecular formula is C25H30O4. The number of allylic oxidation sites excluding steroid dienone is 1. The highest BCUT2D eigenvalue weighted by Gasteiger charge is 2.15. The highest BCUT2D eigenvalue weighted by Crippen LogP contribution is 2.18. The maximum Gasteiger partial charge on any atom is 0.308 e. The molecule has 0 aliphatic heterocycles. The Morgan fingerprint density at radius 1 is 0.862 bits per heavy atom. The van der Waals surface area contributed by atoms with Crippen LogP contribution in [0, 0.1) is 0 Å². The first-order valence-corrected chi connectivity index (χ1v) is 10.3. The molecule has 0 saturated carbocycles. The zero-order valence-electron chi connectivity index (χ0n) is 17.4. The van der Waals surface area contributed by atoms with Gasteiger partial charge in [-0.2, -0.15) is 0 Å². The van der Waals surface area contributed by atoms with Crippen LogP contribution in [0.2, 0.25) is 0 Å². The highest BCUT2D eigenvalue weighted by molar-refractivity contribution is 6.10. The average molecular weight is 395 g/mol. The molecule has 0 aliphatic rings. The third-order valence-electron chi connectivity index (χ3n) is 4.46. The molecule has 0 unspecified atom stereocenters. The molecule has 0 fully saturated rings. The third-order valence-corrected chi connectivity index (χ3v) is 4.46. The Bertz CT molecular complexity index is 791. The smallest absolute Gasteiger partial charge is 0.308 e. The van der Waals surface area contributed by atoms with E-state index in [0.717, 1.165) is 17.7 Å². The van der Waals surface area contributed by atoms with Crippen molar-refractivity contribution in [3.8, 4) is 5.75 Å². The van der Waals surface area contributed by atoms with Gasteiger partial charge in [-0.3, -0.25) is 9.59 Å². The normalized spacial score (nSPS) is 11.2. The average Bonchev–Trinajstić information content (AvgIpc) is 2.73. The Kier molecular flexibility index (Phi) is 9.70. The van der Waals surface area contributed by atoms with E-state index >= 15 is 0 Å². The summed E-state index contributed by atoms with van der Waals surface area (Å²) in [5.74, 6) is -0.0628. The predicted octanol–water partition coefficient (Wildman–Crippen LogP) is 6.21. The number of ether oxygens (including phenoxy) is 2. The molecule has 4 nitrogen and oxygen atoms in total. The number of Topliss-reactive ketones (excluding diaryl/α,β-unsaturated/α-hetero) is 1. The molecule has 2 aromatic rings. The molecule has 0 radical (unpaired) electrons. The third kappa shape index (κ3) is 8.34. The molecule has 2 rings (SSSR count). The second-order valence-electron chi connectivity index (χ2n) is 6.98. The fraction of sp³-hybridized carbons (Fsp3) is 0.360. The van der Waals surface area contributed by atoms with Crippen LogP contribution in [0.1, 0.15) is 68.3 Å². The minimum Gasteiger partial charge on any atom is -0.494 e. The molecule has 0 heterocycles. The van der Waals surface area contributed by atoms with Crippen LogP contribution >= 0.6 is 0 Å². The van der Waals surface area contributed by atoms with E-state index in [2.05, 4.69) is 6.92 Å². The lowest BCUT2D eigenvalue weighted by molar-refractivity contribution is -0.136. The number of hydrogen-bond donors (Lipinski definition) is 0. The van der Waals surface area contributed by atoms with Crippen molar-refractivity contribution in [1.29, 1.82) is 0 Å². The maximum absolute atomic E-state index is 12.7. The van der Waals surface area contributed by atoms with Crippen molar-refractivity contribution >= 4 is 17.8 Å². The van der Waals surface area contributed by atoms with E-state index in [1.165, 1.54) is 39.0 Å². The molecule has 0 aromatic heterocycles. The molecule has 29 heavy (non-hydrogen) atoms. The summed E-state index contributed by atoms with van der Waals surface area (Å²) in [4.78, 5) is 24.1. The van der Waals surface area contributed by atoms with Crippen molar-refractivity contribution in [3.63, 3.8) is 0 Å². The van der Waals surface area contributed by atoms with Crippen molar-refractivity contribution in [2.45, 2.75) is 52.4 Å². The lowest BCUT2D eigenvalue weighted by Crippen LogP contribution is -2.10. The van der Waals surface area contributed by atoms with Gasteiger partial charge in [0, 0.05) is 12.5 Å². The lowest BCUT2D eigenvalue weighted by Gasteiger charge is -2.08.